The molecule has 0 bridgehead atoms. The molecule has 6 heteroatoms. The van der Waals surface area contributed by atoms with E-state index >= 15 is 0 Å². The van der Waals surface area contributed by atoms with E-state index < -0.39 is 0 Å². The fraction of sp³-hybridized carbons (Fsp3) is 0.882. The molecule has 0 aliphatic heterocycles. The van der Waals surface area contributed by atoms with Crippen LogP contribution < -0.4 is 5.32 Å². The van der Waals surface area contributed by atoms with Crippen LogP contribution in [-0.4, -0.2) is 56.2 Å². The molecule has 0 saturated heterocycles. The summed E-state index contributed by atoms with van der Waals surface area (Å²) in [6.45, 7) is 9.43. The molecule has 0 spiro atoms. The van der Waals surface area contributed by atoms with E-state index in [4.69, 9.17) is 0 Å². The molecule has 0 aromatic carbocycles. The van der Waals surface area contributed by atoms with Gasteiger partial charge in [-0.3, -0.25) is 9.63 Å². The van der Waals surface area contributed by atoms with Crippen molar-refractivity contribution >= 4 is 11.9 Å². The highest BCUT2D eigenvalue weighted by Crippen LogP contribution is 2.17. The molecule has 3 amide bonds. The Hall–Kier alpha value is -1.30. The third-order valence-corrected chi connectivity index (χ3v) is 3.06. The third kappa shape index (κ3) is 16.9. The number of carbonyl (C=O) groups is 2. The Kier molecular flexibility index (Phi) is 21.7. The SMILES string of the molecule is CC.CC.CN(C)C(=O)NC1CCCCC1.CON(C)C(C)=O. The summed E-state index contributed by atoms with van der Waals surface area (Å²) in [5, 5.41) is 4.16. The highest BCUT2D eigenvalue weighted by atomic mass is 16.7. The molecular weight excluding hydrogens is 294 g/mol. The topological polar surface area (TPSA) is 61.9 Å². The van der Waals surface area contributed by atoms with Crippen molar-refractivity contribution in [2.75, 3.05) is 28.3 Å². The summed E-state index contributed by atoms with van der Waals surface area (Å²) >= 11 is 0. The van der Waals surface area contributed by atoms with Crippen molar-refractivity contribution in [1.82, 2.24) is 15.3 Å². The van der Waals surface area contributed by atoms with E-state index in [0.29, 0.717) is 6.04 Å². The lowest BCUT2D eigenvalue weighted by Crippen LogP contribution is -2.42. The monoisotopic (exact) mass is 333 g/mol. The minimum Gasteiger partial charge on any atom is -0.335 e. The first kappa shape index (κ1) is 26.6. The predicted molar refractivity (Wildman–Crippen MR) is 97.2 cm³/mol. The number of rotatable bonds is 2. The third-order valence-electron chi connectivity index (χ3n) is 3.06. The van der Waals surface area contributed by atoms with Crippen molar-refractivity contribution < 1.29 is 14.4 Å². The van der Waals surface area contributed by atoms with Crippen LogP contribution in [0.3, 0.4) is 0 Å². The molecular formula is C17H39N3O3. The van der Waals surface area contributed by atoms with Gasteiger partial charge in [0.05, 0.1) is 7.11 Å². The van der Waals surface area contributed by atoms with Gasteiger partial charge in [-0.25, -0.2) is 9.86 Å². The fourth-order valence-electron chi connectivity index (χ4n) is 1.68. The summed E-state index contributed by atoms with van der Waals surface area (Å²) in [4.78, 5) is 27.5. The van der Waals surface area contributed by atoms with Crippen LogP contribution in [0.4, 0.5) is 4.79 Å². The fourth-order valence-corrected chi connectivity index (χ4v) is 1.68. The lowest BCUT2D eigenvalue weighted by atomic mass is 9.96. The Bertz CT molecular complexity index is 278. The number of nitrogens with zero attached hydrogens (tertiary/aromatic N) is 2. The highest BCUT2D eigenvalue weighted by Gasteiger charge is 2.15. The molecule has 6 nitrogen and oxygen atoms in total. The van der Waals surface area contributed by atoms with E-state index in [1.807, 2.05) is 27.7 Å². The van der Waals surface area contributed by atoms with Crippen molar-refractivity contribution in [1.29, 1.82) is 0 Å². The molecule has 0 atom stereocenters. The molecule has 140 valence electrons. The Labute approximate surface area is 143 Å². The number of hydrogen-bond acceptors (Lipinski definition) is 3. The highest BCUT2D eigenvalue weighted by molar-refractivity contribution is 5.73. The maximum absolute atomic E-state index is 11.2. The van der Waals surface area contributed by atoms with Gasteiger partial charge in [-0.2, -0.15) is 0 Å². The summed E-state index contributed by atoms with van der Waals surface area (Å²) in [5.74, 6) is -0.0949. The molecule has 1 saturated carbocycles. The second-order valence-electron chi connectivity index (χ2n) is 4.88. The summed E-state index contributed by atoms with van der Waals surface area (Å²) in [5.41, 5.74) is 0. The molecule has 0 radical (unpaired) electrons. The zero-order valence-electron chi connectivity index (χ0n) is 16.7. The van der Waals surface area contributed by atoms with Gasteiger partial charge < -0.3 is 10.2 Å². The second-order valence-corrected chi connectivity index (χ2v) is 4.88. The van der Waals surface area contributed by atoms with Crippen molar-refractivity contribution in [2.45, 2.75) is 72.8 Å². The van der Waals surface area contributed by atoms with E-state index in [-0.39, 0.29) is 11.9 Å². The van der Waals surface area contributed by atoms with Gasteiger partial charge in [-0.1, -0.05) is 47.0 Å². The van der Waals surface area contributed by atoms with Crippen LogP contribution in [-0.2, 0) is 9.63 Å². The van der Waals surface area contributed by atoms with Gasteiger partial charge in [0.1, 0.15) is 0 Å². The van der Waals surface area contributed by atoms with Gasteiger partial charge >= 0.3 is 6.03 Å². The number of urea groups is 1. The summed E-state index contributed by atoms with van der Waals surface area (Å²) in [7, 11) is 6.56. The Morgan fingerprint density at radius 2 is 1.39 bits per heavy atom. The maximum Gasteiger partial charge on any atom is 0.317 e. The second kappa shape index (κ2) is 18.7. The first-order valence-electron chi connectivity index (χ1n) is 8.64. The molecule has 0 aromatic rings. The van der Waals surface area contributed by atoms with E-state index in [1.54, 1.807) is 26.0 Å². The molecule has 1 N–H and O–H groups in total. The number of carbonyl (C=O) groups excluding carboxylic acids is 2. The van der Waals surface area contributed by atoms with Gasteiger partial charge in [-0.05, 0) is 12.8 Å². The van der Waals surface area contributed by atoms with Crippen LogP contribution in [0, 0.1) is 0 Å². The predicted octanol–water partition coefficient (Wildman–Crippen LogP) is 3.67. The van der Waals surface area contributed by atoms with Gasteiger partial charge in [0.25, 0.3) is 0 Å². The largest absolute Gasteiger partial charge is 0.335 e. The summed E-state index contributed by atoms with van der Waals surface area (Å²) in [6.07, 6.45) is 6.16. The summed E-state index contributed by atoms with van der Waals surface area (Å²) < 4.78 is 0. The van der Waals surface area contributed by atoms with Crippen molar-refractivity contribution in [3.63, 3.8) is 0 Å². The van der Waals surface area contributed by atoms with Crippen molar-refractivity contribution in [3.05, 3.63) is 0 Å². The van der Waals surface area contributed by atoms with E-state index in [9.17, 15) is 9.59 Å². The van der Waals surface area contributed by atoms with Crippen LogP contribution in [0.25, 0.3) is 0 Å². The van der Waals surface area contributed by atoms with Gasteiger partial charge in [0.2, 0.25) is 5.91 Å². The number of hydroxylamine groups is 2. The van der Waals surface area contributed by atoms with Gasteiger partial charge in [0, 0.05) is 34.1 Å². The van der Waals surface area contributed by atoms with Crippen LogP contribution in [0.15, 0.2) is 0 Å². The first-order chi connectivity index (χ1) is 10.9. The normalized spacial score (nSPS) is 12.9. The lowest BCUT2D eigenvalue weighted by Gasteiger charge is -2.24. The number of hydrogen-bond donors (Lipinski definition) is 1. The van der Waals surface area contributed by atoms with Crippen LogP contribution in [0.2, 0.25) is 0 Å². The van der Waals surface area contributed by atoms with Crippen LogP contribution in [0.1, 0.15) is 66.7 Å². The molecule has 1 aliphatic carbocycles. The summed E-state index contributed by atoms with van der Waals surface area (Å²) in [6, 6.07) is 0.468. The van der Waals surface area contributed by atoms with Crippen LogP contribution in [0.5, 0.6) is 0 Å². The van der Waals surface area contributed by atoms with Crippen molar-refractivity contribution in [2.24, 2.45) is 0 Å². The minimum atomic E-state index is -0.0949. The number of nitrogens with one attached hydrogen (secondary N) is 1. The smallest absolute Gasteiger partial charge is 0.317 e. The molecule has 0 heterocycles. The Morgan fingerprint density at radius 1 is 0.957 bits per heavy atom. The average molecular weight is 334 g/mol. The standard InChI is InChI=1S/C9H18N2O.C4H9NO2.2C2H6/c1-11(2)9(12)10-8-6-4-3-5-7-8;1-4(6)5(2)7-3;2*1-2/h8H,3-7H2,1-2H3,(H,10,12);1-3H3;2*1-2H3. The molecule has 1 aliphatic rings. The maximum atomic E-state index is 11.2. The molecule has 1 rings (SSSR count). The molecule has 0 unspecified atom stereocenters. The zero-order chi connectivity index (χ0) is 18.8. The van der Waals surface area contributed by atoms with E-state index in [1.165, 1.54) is 33.3 Å². The molecule has 0 aromatic heterocycles. The lowest BCUT2D eigenvalue weighted by molar-refractivity contribution is -0.165. The molecule has 23 heavy (non-hydrogen) atoms. The Balaban J connectivity index is -0.000000312. The quantitative estimate of drug-likeness (QED) is 0.784. The van der Waals surface area contributed by atoms with Gasteiger partial charge in [0.15, 0.2) is 0 Å². The average Bonchev–Trinajstić information content (AvgIpc) is 2.59. The van der Waals surface area contributed by atoms with E-state index in [0.717, 1.165) is 17.9 Å². The van der Waals surface area contributed by atoms with Crippen LogP contribution >= 0.6 is 0 Å². The Morgan fingerprint density at radius 3 is 1.65 bits per heavy atom. The first-order valence-corrected chi connectivity index (χ1v) is 8.64. The zero-order valence-corrected chi connectivity index (χ0v) is 16.7. The van der Waals surface area contributed by atoms with Crippen molar-refractivity contribution in [3.8, 4) is 0 Å². The minimum absolute atomic E-state index is 0.0434. The number of amides is 3. The van der Waals surface area contributed by atoms with E-state index in [2.05, 4.69) is 10.2 Å². The van der Waals surface area contributed by atoms with Gasteiger partial charge in [-0.15, -0.1) is 0 Å². The molecule has 1 fully saturated rings.